The van der Waals surface area contributed by atoms with Crippen LogP contribution in [0.5, 0.6) is 5.75 Å². The predicted octanol–water partition coefficient (Wildman–Crippen LogP) is 3.75. The van der Waals surface area contributed by atoms with Crippen LogP contribution in [0, 0.1) is 0 Å². The van der Waals surface area contributed by atoms with Crippen molar-refractivity contribution in [3.8, 4) is 5.75 Å². The van der Waals surface area contributed by atoms with Gasteiger partial charge in [-0.3, -0.25) is 9.59 Å². The number of para-hydroxylation sites is 1. The van der Waals surface area contributed by atoms with Crippen LogP contribution in [-0.2, 0) is 11.2 Å². The molecule has 0 radical (unpaired) electrons. The molecular formula is C21H26N2O3. The van der Waals surface area contributed by atoms with Gasteiger partial charge >= 0.3 is 0 Å². The molecule has 0 heterocycles. The van der Waals surface area contributed by atoms with Crippen molar-refractivity contribution in [2.45, 2.75) is 26.7 Å². The summed E-state index contributed by atoms with van der Waals surface area (Å²) in [7, 11) is 1.62. The fourth-order valence-corrected chi connectivity index (χ4v) is 2.77. The number of carbonyl (C=O) groups is 2. The third-order valence-corrected chi connectivity index (χ3v) is 4.28. The van der Waals surface area contributed by atoms with Gasteiger partial charge < -0.3 is 15.0 Å². The number of amides is 2. The maximum Gasteiger partial charge on any atom is 0.253 e. The second-order valence-corrected chi connectivity index (χ2v) is 5.91. The van der Waals surface area contributed by atoms with Crippen LogP contribution in [0.1, 0.15) is 36.2 Å². The Labute approximate surface area is 155 Å². The van der Waals surface area contributed by atoms with Crippen molar-refractivity contribution < 1.29 is 14.3 Å². The van der Waals surface area contributed by atoms with Crippen LogP contribution in [0.2, 0.25) is 0 Å². The molecule has 2 aromatic carbocycles. The van der Waals surface area contributed by atoms with Gasteiger partial charge in [0.25, 0.3) is 5.91 Å². The third-order valence-electron chi connectivity index (χ3n) is 4.28. The van der Waals surface area contributed by atoms with Crippen molar-refractivity contribution in [2.75, 3.05) is 25.5 Å². The maximum absolute atomic E-state index is 12.3. The summed E-state index contributed by atoms with van der Waals surface area (Å²) < 4.78 is 5.30. The highest BCUT2D eigenvalue weighted by atomic mass is 16.5. The zero-order valence-electron chi connectivity index (χ0n) is 15.6. The zero-order chi connectivity index (χ0) is 18.9. The Morgan fingerprint density at radius 3 is 2.27 bits per heavy atom. The Balaban J connectivity index is 1.92. The van der Waals surface area contributed by atoms with Gasteiger partial charge in [-0.25, -0.2) is 0 Å². The molecule has 2 rings (SSSR count). The summed E-state index contributed by atoms with van der Waals surface area (Å²) in [5.41, 5.74) is 2.32. The number of anilines is 1. The molecule has 0 bridgehead atoms. The topological polar surface area (TPSA) is 58.6 Å². The van der Waals surface area contributed by atoms with E-state index in [-0.39, 0.29) is 11.8 Å². The highest BCUT2D eigenvalue weighted by Gasteiger charge is 2.12. The van der Waals surface area contributed by atoms with E-state index in [1.54, 1.807) is 36.3 Å². The molecule has 0 aliphatic carbocycles. The summed E-state index contributed by atoms with van der Waals surface area (Å²) in [5, 5.41) is 2.87. The number of methoxy groups -OCH3 is 1. The Hall–Kier alpha value is -2.82. The van der Waals surface area contributed by atoms with Crippen molar-refractivity contribution in [1.82, 2.24) is 4.90 Å². The monoisotopic (exact) mass is 354 g/mol. The third kappa shape index (κ3) is 5.09. The normalized spacial score (nSPS) is 10.3. The first kappa shape index (κ1) is 19.5. The smallest absolute Gasteiger partial charge is 0.253 e. The Bertz CT molecular complexity index is 737. The number of nitrogens with zero attached hydrogens (tertiary/aromatic N) is 1. The quantitative estimate of drug-likeness (QED) is 0.785. The molecule has 0 atom stereocenters. The Morgan fingerprint density at radius 1 is 1.00 bits per heavy atom. The summed E-state index contributed by atoms with van der Waals surface area (Å²) in [4.78, 5) is 26.2. The molecule has 5 heteroatoms. The zero-order valence-corrected chi connectivity index (χ0v) is 15.6. The van der Waals surface area contributed by atoms with Crippen molar-refractivity contribution in [3.63, 3.8) is 0 Å². The average molecular weight is 354 g/mol. The highest BCUT2D eigenvalue weighted by Crippen LogP contribution is 2.19. The van der Waals surface area contributed by atoms with Crippen LogP contribution in [-0.4, -0.2) is 36.9 Å². The molecule has 0 unspecified atom stereocenters. The van der Waals surface area contributed by atoms with Gasteiger partial charge in [-0.05, 0) is 56.2 Å². The fraction of sp³-hybridized carbons (Fsp3) is 0.333. The van der Waals surface area contributed by atoms with Crippen molar-refractivity contribution >= 4 is 17.5 Å². The van der Waals surface area contributed by atoms with Gasteiger partial charge in [-0.1, -0.05) is 18.2 Å². The Morgan fingerprint density at radius 2 is 1.65 bits per heavy atom. The molecule has 0 aliphatic heterocycles. The number of aryl methyl sites for hydroxylation is 1. The number of hydrogen-bond donors (Lipinski definition) is 1. The van der Waals surface area contributed by atoms with Gasteiger partial charge in [0.1, 0.15) is 5.75 Å². The number of ether oxygens (including phenoxy) is 1. The number of nitrogens with one attached hydrogen (secondary N) is 1. The molecule has 2 amide bonds. The number of carbonyl (C=O) groups excluding carboxylic acids is 2. The van der Waals surface area contributed by atoms with Crippen LogP contribution >= 0.6 is 0 Å². The summed E-state index contributed by atoms with van der Waals surface area (Å²) in [6.07, 6.45) is 0.967. The first-order valence-corrected chi connectivity index (χ1v) is 8.90. The minimum absolute atomic E-state index is 0.00375. The molecular weight excluding hydrogens is 328 g/mol. The van der Waals surface area contributed by atoms with Gasteiger partial charge in [0, 0.05) is 30.8 Å². The van der Waals surface area contributed by atoms with E-state index in [1.807, 2.05) is 38.1 Å². The largest absolute Gasteiger partial charge is 0.496 e. The van der Waals surface area contributed by atoms with Gasteiger partial charge in [-0.15, -0.1) is 0 Å². The molecule has 0 saturated heterocycles. The standard InChI is InChI=1S/C21H26N2O3/c1-4-23(5-2)21(25)17-10-13-18(14-11-17)22-20(24)15-12-16-8-6-7-9-19(16)26-3/h6-11,13-14H,4-5,12,15H2,1-3H3,(H,22,24). The molecule has 5 nitrogen and oxygen atoms in total. The van der Waals surface area contributed by atoms with Gasteiger partial charge in [0.15, 0.2) is 0 Å². The Kier molecular flexibility index (Phi) is 7.21. The van der Waals surface area contributed by atoms with Crippen LogP contribution < -0.4 is 10.1 Å². The van der Waals surface area contributed by atoms with Crippen LogP contribution in [0.3, 0.4) is 0 Å². The van der Waals surface area contributed by atoms with Gasteiger partial charge in [0.2, 0.25) is 5.91 Å². The molecule has 0 aliphatic rings. The van der Waals surface area contributed by atoms with Crippen molar-refractivity contribution in [2.24, 2.45) is 0 Å². The van der Waals surface area contributed by atoms with E-state index in [4.69, 9.17) is 4.74 Å². The minimum atomic E-state index is -0.0706. The first-order chi connectivity index (χ1) is 12.6. The number of rotatable bonds is 8. The lowest BCUT2D eigenvalue weighted by molar-refractivity contribution is -0.116. The molecule has 138 valence electrons. The summed E-state index contributed by atoms with van der Waals surface area (Å²) in [6.45, 7) is 5.27. The lowest BCUT2D eigenvalue weighted by Crippen LogP contribution is -2.30. The van der Waals surface area contributed by atoms with Gasteiger partial charge in [0.05, 0.1) is 7.11 Å². The van der Waals surface area contributed by atoms with E-state index in [2.05, 4.69) is 5.32 Å². The van der Waals surface area contributed by atoms with E-state index < -0.39 is 0 Å². The van der Waals surface area contributed by atoms with E-state index >= 15 is 0 Å². The number of hydrogen-bond acceptors (Lipinski definition) is 3. The summed E-state index contributed by atoms with van der Waals surface area (Å²) in [5.74, 6) is 0.724. The van der Waals surface area contributed by atoms with Crippen molar-refractivity contribution in [3.05, 3.63) is 59.7 Å². The SMILES string of the molecule is CCN(CC)C(=O)c1ccc(NC(=O)CCc2ccccc2OC)cc1. The summed E-state index contributed by atoms with van der Waals surface area (Å²) in [6, 6.07) is 14.7. The maximum atomic E-state index is 12.3. The van der Waals surface area contributed by atoms with E-state index in [0.717, 1.165) is 11.3 Å². The van der Waals surface area contributed by atoms with E-state index in [1.165, 1.54) is 0 Å². The fourth-order valence-electron chi connectivity index (χ4n) is 2.77. The lowest BCUT2D eigenvalue weighted by atomic mass is 10.1. The molecule has 1 N–H and O–H groups in total. The average Bonchev–Trinajstić information content (AvgIpc) is 2.68. The van der Waals surface area contributed by atoms with Crippen LogP contribution in [0.25, 0.3) is 0 Å². The molecule has 0 fully saturated rings. The highest BCUT2D eigenvalue weighted by molar-refractivity contribution is 5.95. The first-order valence-electron chi connectivity index (χ1n) is 8.90. The molecule has 0 aromatic heterocycles. The lowest BCUT2D eigenvalue weighted by Gasteiger charge is -2.18. The van der Waals surface area contributed by atoms with Gasteiger partial charge in [-0.2, -0.15) is 0 Å². The number of benzene rings is 2. The molecule has 26 heavy (non-hydrogen) atoms. The molecule has 2 aromatic rings. The minimum Gasteiger partial charge on any atom is -0.496 e. The van der Waals surface area contributed by atoms with Crippen LogP contribution in [0.15, 0.2) is 48.5 Å². The second kappa shape index (κ2) is 9.61. The van der Waals surface area contributed by atoms with Crippen LogP contribution in [0.4, 0.5) is 5.69 Å². The second-order valence-electron chi connectivity index (χ2n) is 5.91. The predicted molar refractivity (Wildman–Crippen MR) is 104 cm³/mol. The van der Waals surface area contributed by atoms with E-state index in [0.29, 0.717) is 37.2 Å². The molecule has 0 saturated carbocycles. The molecule has 0 spiro atoms. The van der Waals surface area contributed by atoms with Crippen molar-refractivity contribution in [1.29, 1.82) is 0 Å². The van der Waals surface area contributed by atoms with E-state index in [9.17, 15) is 9.59 Å². The summed E-state index contributed by atoms with van der Waals surface area (Å²) >= 11 is 0.